The third-order valence-corrected chi connectivity index (χ3v) is 5.82. The molecule has 2 nitrogen and oxygen atoms in total. The fraction of sp³-hybridized carbons (Fsp3) is 0.0833. The Kier molecular flexibility index (Phi) is 6.29. The van der Waals surface area contributed by atoms with Crippen LogP contribution in [0.25, 0.3) is 0 Å². The van der Waals surface area contributed by atoms with E-state index in [9.17, 15) is 13.2 Å². The Morgan fingerprint density at radius 1 is 1.11 bits per heavy atom. The maximum atomic E-state index is 10.5. The molecule has 0 amide bonds. The zero-order valence-corrected chi connectivity index (χ0v) is 12.3. The Labute approximate surface area is 122 Å². The van der Waals surface area contributed by atoms with Gasteiger partial charge in [-0.2, -0.15) is 13.2 Å². The lowest BCUT2D eigenvalue weighted by atomic mass is 10.4. The van der Waals surface area contributed by atoms with Gasteiger partial charge in [-0.15, -0.1) is 0 Å². The predicted molar refractivity (Wildman–Crippen MR) is 59.2 cm³/mol. The quantitative estimate of drug-likeness (QED) is 0.619. The first-order valence-electron chi connectivity index (χ1n) is 4.91. The molecule has 0 fully saturated rings. The Morgan fingerprint density at radius 2 is 1.68 bits per heavy atom. The lowest BCUT2D eigenvalue weighted by molar-refractivity contribution is -0.591. The first-order chi connectivity index (χ1) is 8.89. The van der Waals surface area contributed by atoms with Gasteiger partial charge < -0.3 is 9.90 Å². The lowest BCUT2D eigenvalue weighted by Crippen LogP contribution is -3.61. The fourth-order valence-electron chi connectivity index (χ4n) is 0.897. The van der Waals surface area contributed by atoms with E-state index in [4.69, 9.17) is 9.90 Å². The van der Waals surface area contributed by atoms with Crippen molar-refractivity contribution in [3.8, 4) is 0 Å². The second-order valence-electron chi connectivity index (χ2n) is 3.09. The van der Waals surface area contributed by atoms with E-state index in [0.29, 0.717) is 0 Å². The van der Waals surface area contributed by atoms with Crippen molar-refractivity contribution in [1.29, 1.82) is 0 Å². The molecule has 0 aliphatic rings. The van der Waals surface area contributed by atoms with Crippen LogP contribution in [0.2, 0.25) is 0 Å². The second-order valence-corrected chi connectivity index (χ2v) is 7.72. The minimum atomic E-state index is -5.19. The summed E-state index contributed by atoms with van der Waals surface area (Å²) >= 11 is 1.95. The van der Waals surface area contributed by atoms with Crippen molar-refractivity contribution in [2.75, 3.05) is 0 Å². The van der Waals surface area contributed by atoms with Crippen molar-refractivity contribution in [2.45, 2.75) is 6.18 Å². The summed E-state index contributed by atoms with van der Waals surface area (Å²) in [6.07, 6.45) is -5.19. The Balaban J connectivity index is 0.000000224. The molecule has 0 aliphatic heterocycles. The van der Waals surface area contributed by atoms with Gasteiger partial charge in [0, 0.05) is 6.07 Å². The first kappa shape index (κ1) is 16.0. The molecule has 102 valence electrons. The van der Waals surface area contributed by atoms with Gasteiger partial charge in [0.2, 0.25) is 2.88 Å². The van der Waals surface area contributed by atoms with E-state index >= 15 is 0 Å². The Hall–Kier alpha value is -1.09. The largest absolute Gasteiger partial charge is 0.542 e. The monoisotopic (exact) mass is 400 g/mol. The maximum Gasteiger partial charge on any atom is 0.430 e. The molecular formula is C12H8F3IO2S. The molecule has 0 radical (unpaired) electrons. The molecule has 2 rings (SSSR count). The van der Waals surface area contributed by atoms with E-state index in [1.54, 1.807) is 2.88 Å². The first-order valence-corrected chi connectivity index (χ1v) is 7.95. The van der Waals surface area contributed by atoms with Crippen molar-refractivity contribution in [1.82, 2.24) is 0 Å². The smallest absolute Gasteiger partial charge is 0.430 e. The molecule has 1 heterocycles. The minimum absolute atomic E-state index is 0.0848. The number of benzene rings is 1. The summed E-state index contributed by atoms with van der Waals surface area (Å²) < 4.78 is 34.6. The number of carbonyl (C=O) groups is 1. The molecule has 0 saturated carbocycles. The third-order valence-electron chi connectivity index (χ3n) is 1.65. The molecule has 0 N–H and O–H groups in total. The van der Waals surface area contributed by atoms with Crippen molar-refractivity contribution < 1.29 is 44.3 Å². The number of hydrogen-bond donors (Lipinski definition) is 0. The van der Waals surface area contributed by atoms with Crippen molar-refractivity contribution >= 4 is 17.3 Å². The number of thiophene rings is 1. The van der Waals surface area contributed by atoms with Crippen LogP contribution in [0, 0.1) is 6.45 Å². The molecule has 0 unspecified atom stereocenters. The summed E-state index contributed by atoms with van der Waals surface area (Å²) in [5, 5.41) is 10.9. The van der Waals surface area contributed by atoms with E-state index in [0.717, 1.165) is 0 Å². The number of carboxylic acids is 1. The molecule has 0 spiro atoms. The Morgan fingerprint density at radius 3 is 2.11 bits per heavy atom. The molecule has 0 aliphatic carbocycles. The highest BCUT2D eigenvalue weighted by Gasteiger charge is 2.28. The molecule has 1 aromatic heterocycles. The van der Waals surface area contributed by atoms with E-state index < -0.39 is 12.1 Å². The lowest BCUT2D eigenvalue weighted by Gasteiger charge is -2.03. The van der Waals surface area contributed by atoms with E-state index in [2.05, 4.69) is 47.8 Å². The van der Waals surface area contributed by atoms with Gasteiger partial charge in [0.25, 0.3) is 0 Å². The number of hydrogen-bond acceptors (Lipinski definition) is 3. The highest BCUT2D eigenvalue weighted by Crippen LogP contribution is 2.11. The predicted octanol–water partition coefficient (Wildman–Crippen LogP) is -0.825. The van der Waals surface area contributed by atoms with Gasteiger partial charge in [0.1, 0.15) is 5.97 Å². The van der Waals surface area contributed by atoms with Gasteiger partial charge in [-0.05, 0) is 23.6 Å². The van der Waals surface area contributed by atoms with Crippen LogP contribution in [0.15, 0.2) is 47.8 Å². The molecule has 2 aromatic rings. The summed E-state index contributed by atoms with van der Waals surface area (Å²) in [5.41, 5.74) is 0. The van der Waals surface area contributed by atoms with Crippen molar-refractivity contribution in [3.05, 3.63) is 54.3 Å². The van der Waals surface area contributed by atoms with Gasteiger partial charge in [0.15, 0.2) is 3.57 Å². The normalized spacial score (nSPS) is 10.5. The molecular weight excluding hydrogens is 392 g/mol. The molecule has 0 bridgehead atoms. The molecule has 7 heteroatoms. The Bertz CT molecular complexity index is 497. The van der Waals surface area contributed by atoms with Gasteiger partial charge >= 0.3 is 27.4 Å². The zero-order valence-electron chi connectivity index (χ0n) is 9.36. The van der Waals surface area contributed by atoms with Crippen LogP contribution < -0.4 is 26.3 Å². The highest BCUT2D eigenvalue weighted by atomic mass is 127. The van der Waals surface area contributed by atoms with Gasteiger partial charge in [-0.25, -0.2) is 0 Å². The number of rotatable bonds is 2. The van der Waals surface area contributed by atoms with Crippen LogP contribution in [-0.2, 0) is 4.79 Å². The topological polar surface area (TPSA) is 40.1 Å². The summed E-state index contributed by atoms with van der Waals surface area (Å²) in [5.74, 6) is -3.01. The van der Waals surface area contributed by atoms with E-state index in [1.807, 2.05) is 11.3 Å². The van der Waals surface area contributed by atoms with Crippen LogP contribution >= 0.6 is 11.3 Å². The van der Waals surface area contributed by atoms with Gasteiger partial charge in [0.05, 0.1) is 0 Å². The zero-order chi connectivity index (χ0) is 14.3. The summed E-state index contributed by atoms with van der Waals surface area (Å²) in [7, 11) is 0. The number of aliphatic carboxylic acids is 1. The molecule has 0 saturated heterocycles. The summed E-state index contributed by atoms with van der Waals surface area (Å²) in [6, 6.07) is 15.1. The maximum absolute atomic E-state index is 10.5. The summed E-state index contributed by atoms with van der Waals surface area (Å²) in [4.78, 5) is 8.78. The average Bonchev–Trinajstić information content (AvgIpc) is 2.83. The number of alkyl halides is 3. The van der Waals surface area contributed by atoms with Crippen LogP contribution in [0.5, 0.6) is 0 Å². The van der Waals surface area contributed by atoms with Crippen molar-refractivity contribution in [3.63, 3.8) is 0 Å². The van der Waals surface area contributed by atoms with Crippen LogP contribution in [0.1, 0.15) is 0 Å². The molecule has 1 aromatic carbocycles. The molecule has 0 atom stereocenters. The standard InChI is InChI=1S/C10H8IS.C2HF3O2/c1-2-5-9(6-3-1)11-10-7-4-8-12-10;3-2(4,5)1(6)7/h1-8H;(H,6,7)/q+1;/p-1. The second kappa shape index (κ2) is 7.49. The number of carboxylic acid groups (broad SMARTS) is 1. The molecule has 19 heavy (non-hydrogen) atoms. The van der Waals surface area contributed by atoms with E-state index in [1.165, 1.54) is 3.57 Å². The fourth-order valence-corrected chi connectivity index (χ4v) is 4.58. The van der Waals surface area contributed by atoms with E-state index in [-0.39, 0.29) is 21.2 Å². The number of halogens is 4. The van der Waals surface area contributed by atoms with Crippen molar-refractivity contribution in [2.24, 2.45) is 0 Å². The number of carbonyl (C=O) groups excluding carboxylic acids is 1. The van der Waals surface area contributed by atoms with Gasteiger partial charge in [-0.1, -0.05) is 29.5 Å². The minimum Gasteiger partial charge on any atom is -0.542 e. The van der Waals surface area contributed by atoms with Crippen LogP contribution in [0.4, 0.5) is 13.2 Å². The average molecular weight is 400 g/mol. The third kappa shape index (κ3) is 6.58. The van der Waals surface area contributed by atoms with Gasteiger partial charge in [-0.3, -0.25) is 0 Å². The van der Waals surface area contributed by atoms with Crippen LogP contribution in [-0.4, -0.2) is 12.1 Å². The summed E-state index contributed by atoms with van der Waals surface area (Å²) in [6.45, 7) is 0. The van der Waals surface area contributed by atoms with Crippen LogP contribution in [0.3, 0.4) is 0 Å². The highest BCUT2D eigenvalue weighted by molar-refractivity contribution is 7.07. The SMILES string of the molecule is O=C([O-])C(F)(F)F.c1ccc([I+]c2cccs2)cc1.